The molecular formula is C16H30N2O2. The summed E-state index contributed by atoms with van der Waals surface area (Å²) in [6, 6.07) is 0.235. The summed E-state index contributed by atoms with van der Waals surface area (Å²) in [5.41, 5.74) is 6.05. The van der Waals surface area contributed by atoms with Crippen LogP contribution >= 0.6 is 0 Å². The summed E-state index contributed by atoms with van der Waals surface area (Å²) in [4.78, 5) is 12.4. The summed E-state index contributed by atoms with van der Waals surface area (Å²) in [6.45, 7) is 4.96. The summed E-state index contributed by atoms with van der Waals surface area (Å²) in [5, 5.41) is 3.20. The molecule has 2 aliphatic carbocycles. The molecule has 0 saturated heterocycles. The number of ether oxygens (including phenoxy) is 1. The Labute approximate surface area is 122 Å². The van der Waals surface area contributed by atoms with E-state index in [0.29, 0.717) is 13.0 Å². The van der Waals surface area contributed by atoms with Crippen molar-refractivity contribution in [1.82, 2.24) is 5.32 Å². The van der Waals surface area contributed by atoms with E-state index in [-0.39, 0.29) is 28.9 Å². The van der Waals surface area contributed by atoms with Crippen molar-refractivity contribution in [3.63, 3.8) is 0 Å². The summed E-state index contributed by atoms with van der Waals surface area (Å²) in [6.07, 6.45) is 7.69. The van der Waals surface area contributed by atoms with E-state index in [9.17, 15) is 4.79 Å². The number of carbonyl (C=O) groups excluding carboxylic acids is 1. The molecule has 2 saturated carbocycles. The maximum absolute atomic E-state index is 12.4. The number of nitrogens with one attached hydrogen (secondary N) is 1. The fraction of sp³-hybridized carbons (Fsp3) is 0.938. The molecule has 0 aromatic rings. The normalized spacial score (nSPS) is 31.4. The van der Waals surface area contributed by atoms with Gasteiger partial charge >= 0.3 is 0 Å². The average Bonchev–Trinajstić information content (AvgIpc) is 2.44. The average molecular weight is 282 g/mol. The highest BCUT2D eigenvalue weighted by Crippen LogP contribution is 2.43. The van der Waals surface area contributed by atoms with Gasteiger partial charge in [-0.25, -0.2) is 0 Å². The van der Waals surface area contributed by atoms with Crippen molar-refractivity contribution in [2.24, 2.45) is 16.6 Å². The van der Waals surface area contributed by atoms with E-state index in [1.165, 1.54) is 19.3 Å². The van der Waals surface area contributed by atoms with Crippen molar-refractivity contribution in [3.8, 4) is 0 Å². The SMILES string of the molecule is COC1CC(NC(=O)CC2(CN)CCCCC2)C1(C)C. The molecule has 4 heteroatoms. The predicted octanol–water partition coefficient (Wildman–Crippen LogP) is 2.22. The molecule has 2 aliphatic rings. The van der Waals surface area contributed by atoms with Crippen molar-refractivity contribution >= 4 is 5.91 Å². The molecule has 2 fully saturated rings. The maximum atomic E-state index is 12.4. The number of nitrogens with two attached hydrogens (primary N) is 1. The van der Waals surface area contributed by atoms with Gasteiger partial charge in [0.25, 0.3) is 0 Å². The van der Waals surface area contributed by atoms with Crippen LogP contribution in [0.25, 0.3) is 0 Å². The third-order valence-corrected chi connectivity index (χ3v) is 5.68. The molecule has 1 amide bonds. The molecule has 0 spiro atoms. The van der Waals surface area contributed by atoms with Crippen LogP contribution in [0.1, 0.15) is 58.8 Å². The second-order valence-corrected chi connectivity index (χ2v) is 7.34. The molecule has 20 heavy (non-hydrogen) atoms. The number of rotatable bonds is 5. The molecule has 116 valence electrons. The molecule has 0 heterocycles. The standard InChI is InChI=1S/C16H30N2O2/c1-15(2)12(9-13(15)20-3)18-14(19)10-16(11-17)7-5-4-6-8-16/h12-13H,4-11,17H2,1-3H3,(H,18,19). The van der Waals surface area contributed by atoms with E-state index in [2.05, 4.69) is 19.2 Å². The van der Waals surface area contributed by atoms with Gasteiger partial charge < -0.3 is 15.8 Å². The van der Waals surface area contributed by atoms with Gasteiger partial charge in [-0.3, -0.25) is 4.79 Å². The van der Waals surface area contributed by atoms with Gasteiger partial charge in [0, 0.05) is 25.0 Å². The fourth-order valence-electron chi connectivity index (χ4n) is 3.87. The highest BCUT2D eigenvalue weighted by atomic mass is 16.5. The minimum atomic E-state index is 0.0346. The molecule has 0 bridgehead atoms. The van der Waals surface area contributed by atoms with Gasteiger partial charge in [0.05, 0.1) is 6.10 Å². The lowest BCUT2D eigenvalue weighted by Gasteiger charge is -2.51. The van der Waals surface area contributed by atoms with Crippen LogP contribution < -0.4 is 11.1 Å². The third-order valence-electron chi connectivity index (χ3n) is 5.68. The Morgan fingerprint density at radius 1 is 1.30 bits per heavy atom. The minimum Gasteiger partial charge on any atom is -0.381 e. The van der Waals surface area contributed by atoms with Crippen LogP contribution in [0.4, 0.5) is 0 Å². The summed E-state index contributed by atoms with van der Waals surface area (Å²) < 4.78 is 5.43. The number of methoxy groups -OCH3 is 1. The van der Waals surface area contributed by atoms with Crippen LogP contribution in [0.2, 0.25) is 0 Å². The van der Waals surface area contributed by atoms with Gasteiger partial charge in [-0.15, -0.1) is 0 Å². The molecule has 0 aromatic heterocycles. The topological polar surface area (TPSA) is 64.3 Å². The molecule has 2 unspecified atom stereocenters. The molecule has 3 N–H and O–H groups in total. The van der Waals surface area contributed by atoms with Gasteiger partial charge in [0.2, 0.25) is 5.91 Å². The highest BCUT2D eigenvalue weighted by molar-refractivity contribution is 5.77. The first-order chi connectivity index (χ1) is 9.43. The Balaban J connectivity index is 1.86. The lowest BCUT2D eigenvalue weighted by molar-refractivity contribution is -0.135. The molecule has 0 radical (unpaired) electrons. The Bertz CT molecular complexity index is 348. The lowest BCUT2D eigenvalue weighted by Crippen LogP contribution is -2.62. The van der Waals surface area contributed by atoms with E-state index in [1.54, 1.807) is 7.11 Å². The Kier molecular flexibility index (Phi) is 4.75. The third kappa shape index (κ3) is 3.01. The molecule has 2 rings (SSSR count). The molecule has 0 aromatic carbocycles. The molecule has 2 atom stereocenters. The smallest absolute Gasteiger partial charge is 0.220 e. The second kappa shape index (κ2) is 6.02. The van der Waals surface area contributed by atoms with Crippen LogP contribution in [0.3, 0.4) is 0 Å². The quantitative estimate of drug-likeness (QED) is 0.812. The van der Waals surface area contributed by atoms with Crippen LogP contribution in [0.5, 0.6) is 0 Å². The zero-order chi connectivity index (χ0) is 14.8. The van der Waals surface area contributed by atoms with Crippen LogP contribution in [0.15, 0.2) is 0 Å². The van der Waals surface area contributed by atoms with Crippen molar-refractivity contribution in [2.75, 3.05) is 13.7 Å². The number of hydrogen-bond acceptors (Lipinski definition) is 3. The van der Waals surface area contributed by atoms with Crippen molar-refractivity contribution < 1.29 is 9.53 Å². The van der Waals surface area contributed by atoms with Gasteiger partial charge in [-0.05, 0) is 31.2 Å². The zero-order valence-corrected chi connectivity index (χ0v) is 13.2. The number of hydrogen-bond donors (Lipinski definition) is 2. The molecule has 0 aliphatic heterocycles. The molecular weight excluding hydrogens is 252 g/mol. The first-order valence-electron chi connectivity index (χ1n) is 7.96. The van der Waals surface area contributed by atoms with E-state index in [0.717, 1.165) is 19.3 Å². The lowest BCUT2D eigenvalue weighted by atomic mass is 9.64. The maximum Gasteiger partial charge on any atom is 0.220 e. The molecule has 4 nitrogen and oxygen atoms in total. The minimum absolute atomic E-state index is 0.0346. The van der Waals surface area contributed by atoms with E-state index in [1.807, 2.05) is 0 Å². The van der Waals surface area contributed by atoms with Crippen molar-refractivity contribution in [1.29, 1.82) is 0 Å². The predicted molar refractivity (Wildman–Crippen MR) is 80.3 cm³/mol. The van der Waals surface area contributed by atoms with Gasteiger partial charge in [0.15, 0.2) is 0 Å². The Hall–Kier alpha value is -0.610. The summed E-state index contributed by atoms with van der Waals surface area (Å²) in [5.74, 6) is 0.171. The summed E-state index contributed by atoms with van der Waals surface area (Å²) >= 11 is 0. The van der Waals surface area contributed by atoms with E-state index < -0.39 is 0 Å². The number of amides is 1. The van der Waals surface area contributed by atoms with Crippen LogP contribution in [-0.4, -0.2) is 31.7 Å². The second-order valence-electron chi connectivity index (χ2n) is 7.34. The highest BCUT2D eigenvalue weighted by Gasteiger charge is 2.49. The zero-order valence-electron chi connectivity index (χ0n) is 13.2. The van der Waals surface area contributed by atoms with Gasteiger partial charge in [0.1, 0.15) is 0 Å². The van der Waals surface area contributed by atoms with Gasteiger partial charge in [-0.1, -0.05) is 33.1 Å². The van der Waals surface area contributed by atoms with Crippen LogP contribution in [0, 0.1) is 10.8 Å². The van der Waals surface area contributed by atoms with Crippen molar-refractivity contribution in [2.45, 2.75) is 70.9 Å². The Morgan fingerprint density at radius 3 is 2.45 bits per heavy atom. The first-order valence-corrected chi connectivity index (χ1v) is 7.96. The summed E-state index contributed by atoms with van der Waals surface area (Å²) in [7, 11) is 1.75. The van der Waals surface area contributed by atoms with E-state index in [4.69, 9.17) is 10.5 Å². The van der Waals surface area contributed by atoms with E-state index >= 15 is 0 Å². The monoisotopic (exact) mass is 282 g/mol. The Morgan fingerprint density at radius 2 is 1.95 bits per heavy atom. The largest absolute Gasteiger partial charge is 0.381 e. The van der Waals surface area contributed by atoms with Gasteiger partial charge in [-0.2, -0.15) is 0 Å². The van der Waals surface area contributed by atoms with Crippen LogP contribution in [-0.2, 0) is 9.53 Å². The van der Waals surface area contributed by atoms with Crippen molar-refractivity contribution in [3.05, 3.63) is 0 Å². The fourth-order valence-corrected chi connectivity index (χ4v) is 3.87. The first kappa shape index (κ1) is 15.8. The number of carbonyl (C=O) groups is 1.